The molecule has 1 aromatic rings. The second-order valence-corrected chi connectivity index (χ2v) is 7.42. The Hall–Kier alpha value is -1.40. The number of benzene rings is 1. The summed E-state index contributed by atoms with van der Waals surface area (Å²) in [5.41, 5.74) is 8.18. The molecular weight excluding hydrogens is 336 g/mol. The lowest BCUT2D eigenvalue weighted by atomic mass is 9.78. The highest BCUT2D eigenvalue weighted by molar-refractivity contribution is 7.80. The second kappa shape index (κ2) is 9.18. The molecule has 4 N–H and O–H groups in total. The van der Waals surface area contributed by atoms with Gasteiger partial charge in [-0.15, -0.1) is 0 Å². The molecule has 2 rings (SSSR count). The van der Waals surface area contributed by atoms with Crippen LogP contribution in [0.1, 0.15) is 45.6 Å². The number of hydrogen-bond donors (Lipinski definition) is 4. The molecule has 0 radical (unpaired) electrons. The number of rotatable bonds is 3. The molecule has 132 valence electrons. The molecule has 1 aromatic carbocycles. The van der Waals surface area contributed by atoms with E-state index in [2.05, 4.69) is 54.4 Å². The van der Waals surface area contributed by atoms with Gasteiger partial charge >= 0.3 is 0 Å². The van der Waals surface area contributed by atoms with E-state index in [4.69, 9.17) is 24.4 Å². The summed E-state index contributed by atoms with van der Waals surface area (Å²) in [5.74, 6) is 1.36. The molecule has 0 saturated heterocycles. The molecular formula is C18H28N4S2. The zero-order valence-corrected chi connectivity index (χ0v) is 16.3. The van der Waals surface area contributed by atoms with Gasteiger partial charge in [0.2, 0.25) is 0 Å². The third-order valence-electron chi connectivity index (χ3n) is 4.93. The Morgan fingerprint density at radius 2 is 1.71 bits per heavy atom. The van der Waals surface area contributed by atoms with Crippen LogP contribution in [0.3, 0.4) is 0 Å². The fourth-order valence-electron chi connectivity index (χ4n) is 3.09. The van der Waals surface area contributed by atoms with Gasteiger partial charge in [-0.2, -0.15) is 0 Å². The van der Waals surface area contributed by atoms with Crippen LogP contribution >= 0.6 is 24.4 Å². The predicted molar refractivity (Wildman–Crippen MR) is 110 cm³/mol. The van der Waals surface area contributed by atoms with Gasteiger partial charge in [0, 0.05) is 11.7 Å². The van der Waals surface area contributed by atoms with Gasteiger partial charge in [-0.3, -0.25) is 10.9 Å². The third-order valence-corrected chi connectivity index (χ3v) is 5.36. The number of hydrazine groups is 1. The molecule has 0 amide bonds. The molecule has 0 unspecified atom stereocenters. The standard InChI is InChI=1S/C18H28N4S2/c1-4-14-8-10-15(11-9-14)19-17(23)21-22-18(24)20-16-7-5-6-12(2)13(16)3/h8-13,16H,4-7H2,1-3H3,(H2,19,21,23)(H2,20,22,24)/t12-,13-,16-/m0/s1. The minimum absolute atomic E-state index is 0.429. The van der Waals surface area contributed by atoms with Crippen molar-refractivity contribution >= 4 is 40.3 Å². The van der Waals surface area contributed by atoms with Crippen LogP contribution in [0.15, 0.2) is 24.3 Å². The van der Waals surface area contributed by atoms with Crippen molar-refractivity contribution < 1.29 is 0 Å². The summed E-state index contributed by atoms with van der Waals surface area (Å²) < 4.78 is 0. The molecule has 0 bridgehead atoms. The third kappa shape index (κ3) is 5.60. The Morgan fingerprint density at radius 1 is 1.04 bits per heavy atom. The number of aryl methyl sites for hydroxylation is 1. The predicted octanol–water partition coefficient (Wildman–Crippen LogP) is 3.74. The van der Waals surface area contributed by atoms with Crippen molar-refractivity contribution in [2.75, 3.05) is 5.32 Å². The van der Waals surface area contributed by atoms with Gasteiger partial charge in [-0.25, -0.2) is 0 Å². The van der Waals surface area contributed by atoms with Crippen LogP contribution in [0.5, 0.6) is 0 Å². The molecule has 0 spiro atoms. The van der Waals surface area contributed by atoms with E-state index in [1.165, 1.54) is 24.8 Å². The Balaban J connectivity index is 1.73. The largest absolute Gasteiger partial charge is 0.358 e. The van der Waals surface area contributed by atoms with Crippen molar-refractivity contribution in [1.82, 2.24) is 16.2 Å². The summed E-state index contributed by atoms with van der Waals surface area (Å²) >= 11 is 10.7. The van der Waals surface area contributed by atoms with Crippen LogP contribution in [0, 0.1) is 11.8 Å². The van der Waals surface area contributed by atoms with Crippen LogP contribution in [0.2, 0.25) is 0 Å². The van der Waals surface area contributed by atoms with Gasteiger partial charge in [0.25, 0.3) is 0 Å². The van der Waals surface area contributed by atoms with Crippen molar-refractivity contribution in [3.63, 3.8) is 0 Å². The number of anilines is 1. The van der Waals surface area contributed by atoms with Crippen molar-refractivity contribution in [3.8, 4) is 0 Å². The molecule has 6 heteroatoms. The molecule has 1 aliphatic carbocycles. The highest BCUT2D eigenvalue weighted by Gasteiger charge is 2.27. The molecule has 24 heavy (non-hydrogen) atoms. The van der Waals surface area contributed by atoms with Crippen LogP contribution in [0.25, 0.3) is 0 Å². The topological polar surface area (TPSA) is 48.1 Å². The zero-order valence-electron chi connectivity index (χ0n) is 14.7. The molecule has 0 aromatic heterocycles. The maximum Gasteiger partial charge on any atom is 0.189 e. The van der Waals surface area contributed by atoms with E-state index >= 15 is 0 Å². The Morgan fingerprint density at radius 3 is 2.38 bits per heavy atom. The molecule has 1 aliphatic rings. The molecule has 1 saturated carbocycles. The Labute approximate surface area is 156 Å². The first-order chi connectivity index (χ1) is 11.5. The van der Waals surface area contributed by atoms with Crippen LogP contribution in [-0.4, -0.2) is 16.3 Å². The van der Waals surface area contributed by atoms with Crippen molar-refractivity contribution in [1.29, 1.82) is 0 Å². The quantitative estimate of drug-likeness (QED) is 0.484. The maximum absolute atomic E-state index is 5.37. The van der Waals surface area contributed by atoms with Crippen LogP contribution < -0.4 is 21.5 Å². The Kier molecular flexibility index (Phi) is 7.24. The summed E-state index contributed by atoms with van der Waals surface area (Å²) in [6, 6.07) is 8.66. The first-order valence-electron chi connectivity index (χ1n) is 8.72. The second-order valence-electron chi connectivity index (χ2n) is 6.60. The lowest BCUT2D eigenvalue weighted by molar-refractivity contribution is 0.224. The molecule has 0 aliphatic heterocycles. The van der Waals surface area contributed by atoms with E-state index in [9.17, 15) is 0 Å². The van der Waals surface area contributed by atoms with Gasteiger partial charge in [0.1, 0.15) is 0 Å². The average molecular weight is 365 g/mol. The van der Waals surface area contributed by atoms with Gasteiger partial charge in [0.15, 0.2) is 10.2 Å². The normalized spacial score (nSPS) is 23.2. The highest BCUT2D eigenvalue weighted by Crippen LogP contribution is 2.29. The highest BCUT2D eigenvalue weighted by atomic mass is 32.1. The van der Waals surface area contributed by atoms with Gasteiger partial charge in [0.05, 0.1) is 0 Å². The molecule has 3 atom stereocenters. The summed E-state index contributed by atoms with van der Waals surface area (Å²) in [5, 5.41) is 7.63. The first kappa shape index (κ1) is 18.9. The summed E-state index contributed by atoms with van der Waals surface area (Å²) in [6.07, 6.45) is 4.76. The minimum Gasteiger partial charge on any atom is -0.358 e. The van der Waals surface area contributed by atoms with Crippen molar-refractivity contribution in [2.24, 2.45) is 11.8 Å². The molecule has 4 nitrogen and oxygen atoms in total. The van der Waals surface area contributed by atoms with E-state index in [1.807, 2.05) is 12.1 Å². The van der Waals surface area contributed by atoms with E-state index in [0.717, 1.165) is 18.0 Å². The zero-order chi connectivity index (χ0) is 17.5. The summed E-state index contributed by atoms with van der Waals surface area (Å²) in [7, 11) is 0. The van der Waals surface area contributed by atoms with Crippen LogP contribution in [0.4, 0.5) is 5.69 Å². The molecule has 0 heterocycles. The number of hydrogen-bond acceptors (Lipinski definition) is 2. The monoisotopic (exact) mass is 364 g/mol. The first-order valence-corrected chi connectivity index (χ1v) is 9.53. The lowest BCUT2D eigenvalue weighted by Crippen LogP contribution is -2.53. The van der Waals surface area contributed by atoms with E-state index in [1.54, 1.807) is 0 Å². The van der Waals surface area contributed by atoms with Crippen molar-refractivity contribution in [3.05, 3.63) is 29.8 Å². The van der Waals surface area contributed by atoms with Gasteiger partial charge in [-0.1, -0.05) is 45.7 Å². The van der Waals surface area contributed by atoms with E-state index in [0.29, 0.717) is 22.2 Å². The van der Waals surface area contributed by atoms with Gasteiger partial charge < -0.3 is 10.6 Å². The number of thiocarbonyl (C=S) groups is 2. The molecule has 1 fully saturated rings. The summed E-state index contributed by atoms with van der Waals surface area (Å²) in [6.45, 7) is 6.75. The number of nitrogens with one attached hydrogen (secondary N) is 4. The SMILES string of the molecule is CCc1ccc(NC(=S)NNC(=S)N[C@H]2CCC[C@H](C)[C@@H]2C)cc1. The van der Waals surface area contributed by atoms with Crippen LogP contribution in [-0.2, 0) is 6.42 Å². The summed E-state index contributed by atoms with van der Waals surface area (Å²) in [4.78, 5) is 0. The lowest BCUT2D eigenvalue weighted by Gasteiger charge is -2.35. The fraction of sp³-hybridized carbons (Fsp3) is 0.556. The van der Waals surface area contributed by atoms with E-state index in [-0.39, 0.29) is 0 Å². The van der Waals surface area contributed by atoms with E-state index < -0.39 is 0 Å². The Bertz CT molecular complexity index is 559. The van der Waals surface area contributed by atoms with Crippen molar-refractivity contribution in [2.45, 2.75) is 52.5 Å². The van der Waals surface area contributed by atoms with Gasteiger partial charge in [-0.05, 0) is 66.8 Å². The fourth-order valence-corrected chi connectivity index (χ4v) is 3.46. The average Bonchev–Trinajstić information content (AvgIpc) is 2.58. The minimum atomic E-state index is 0.429. The maximum atomic E-state index is 5.37. The smallest absolute Gasteiger partial charge is 0.189 e.